The second-order valence-corrected chi connectivity index (χ2v) is 7.11. The first kappa shape index (κ1) is 15.0. The third kappa shape index (κ3) is 3.65. The molecule has 0 radical (unpaired) electrons. The molecule has 0 bridgehead atoms. The van der Waals surface area contributed by atoms with E-state index >= 15 is 0 Å². The van der Waals surface area contributed by atoms with Gasteiger partial charge in [0, 0.05) is 36.7 Å². The van der Waals surface area contributed by atoms with Crippen LogP contribution in [-0.2, 0) is 9.53 Å². The first-order valence-electron chi connectivity index (χ1n) is 7.11. The van der Waals surface area contributed by atoms with Crippen molar-refractivity contribution < 1.29 is 14.3 Å². The van der Waals surface area contributed by atoms with Crippen molar-refractivity contribution >= 4 is 29.3 Å². The average Bonchev–Trinajstić information content (AvgIpc) is 2.95. The normalized spacial score (nSPS) is 20.7. The maximum atomic E-state index is 12.2. The van der Waals surface area contributed by atoms with E-state index in [1.54, 1.807) is 24.3 Å². The van der Waals surface area contributed by atoms with Gasteiger partial charge >= 0.3 is 0 Å². The molecular weight excluding hydrogens is 310 g/mol. The Labute approximate surface area is 133 Å². The van der Waals surface area contributed by atoms with Crippen LogP contribution in [-0.4, -0.2) is 47.8 Å². The van der Waals surface area contributed by atoms with E-state index in [1.165, 1.54) is 0 Å². The molecule has 1 aromatic rings. The Hall–Kier alpha value is -0.910. The highest BCUT2D eigenvalue weighted by molar-refractivity contribution is 8.00. The van der Waals surface area contributed by atoms with Crippen LogP contribution in [0.2, 0.25) is 5.02 Å². The predicted octanol–water partition coefficient (Wildman–Crippen LogP) is 2.80. The minimum absolute atomic E-state index is 0.0304. The fourth-order valence-corrected chi connectivity index (χ4v) is 3.95. The zero-order chi connectivity index (χ0) is 14.7. The van der Waals surface area contributed by atoms with Crippen molar-refractivity contribution in [3.05, 3.63) is 29.3 Å². The van der Waals surface area contributed by atoms with E-state index in [9.17, 15) is 4.79 Å². The summed E-state index contributed by atoms with van der Waals surface area (Å²) in [5.41, 5.74) is 0. The molecule has 21 heavy (non-hydrogen) atoms. The van der Waals surface area contributed by atoms with E-state index in [0.717, 1.165) is 38.3 Å². The van der Waals surface area contributed by atoms with Crippen LogP contribution in [0, 0.1) is 0 Å². The number of piperidine rings is 1. The van der Waals surface area contributed by atoms with Crippen molar-refractivity contribution in [2.45, 2.75) is 17.8 Å². The highest BCUT2D eigenvalue weighted by Crippen LogP contribution is 2.41. The SMILES string of the molecule is O=C(COc1ccc(Cl)cc1)N1CCC2(CC1)OCCS2. The van der Waals surface area contributed by atoms with Gasteiger partial charge in [0.25, 0.3) is 5.91 Å². The summed E-state index contributed by atoms with van der Waals surface area (Å²) in [5.74, 6) is 1.76. The second-order valence-electron chi connectivity index (χ2n) is 5.23. The van der Waals surface area contributed by atoms with Gasteiger partial charge in [-0.2, -0.15) is 0 Å². The number of carbonyl (C=O) groups excluding carboxylic acids is 1. The summed E-state index contributed by atoms with van der Waals surface area (Å²) >= 11 is 7.70. The van der Waals surface area contributed by atoms with Gasteiger partial charge in [-0.15, -0.1) is 11.8 Å². The van der Waals surface area contributed by atoms with Gasteiger partial charge in [-0.1, -0.05) is 11.6 Å². The summed E-state index contributed by atoms with van der Waals surface area (Å²) in [4.78, 5) is 14.0. The van der Waals surface area contributed by atoms with E-state index < -0.39 is 0 Å². The van der Waals surface area contributed by atoms with Crippen LogP contribution in [0.15, 0.2) is 24.3 Å². The zero-order valence-electron chi connectivity index (χ0n) is 11.7. The first-order chi connectivity index (χ1) is 10.2. The number of hydrogen-bond acceptors (Lipinski definition) is 4. The third-order valence-electron chi connectivity index (χ3n) is 3.87. The number of carbonyl (C=O) groups is 1. The Morgan fingerprint density at radius 3 is 2.67 bits per heavy atom. The smallest absolute Gasteiger partial charge is 0.260 e. The van der Waals surface area contributed by atoms with Gasteiger partial charge in [-0.05, 0) is 24.3 Å². The van der Waals surface area contributed by atoms with Crippen molar-refractivity contribution in [3.8, 4) is 5.75 Å². The molecule has 1 amide bonds. The molecule has 0 aromatic heterocycles. The molecule has 0 N–H and O–H groups in total. The van der Waals surface area contributed by atoms with Crippen LogP contribution in [0.3, 0.4) is 0 Å². The predicted molar refractivity (Wildman–Crippen MR) is 83.9 cm³/mol. The van der Waals surface area contributed by atoms with Crippen LogP contribution in [0.5, 0.6) is 5.75 Å². The number of ether oxygens (including phenoxy) is 2. The second kappa shape index (κ2) is 6.46. The number of halogens is 1. The van der Waals surface area contributed by atoms with Crippen molar-refractivity contribution in [3.63, 3.8) is 0 Å². The Morgan fingerprint density at radius 1 is 1.33 bits per heavy atom. The summed E-state index contributed by atoms with van der Waals surface area (Å²) in [6.07, 6.45) is 1.81. The van der Waals surface area contributed by atoms with E-state index in [0.29, 0.717) is 10.8 Å². The van der Waals surface area contributed by atoms with E-state index in [2.05, 4.69) is 0 Å². The number of hydrogen-bond donors (Lipinski definition) is 0. The summed E-state index contributed by atoms with van der Waals surface area (Å²) < 4.78 is 11.3. The maximum absolute atomic E-state index is 12.2. The molecule has 2 heterocycles. The number of nitrogens with zero attached hydrogens (tertiary/aromatic N) is 1. The van der Waals surface area contributed by atoms with Crippen LogP contribution in [0.1, 0.15) is 12.8 Å². The molecular formula is C15H18ClNO3S. The monoisotopic (exact) mass is 327 g/mol. The molecule has 0 atom stereocenters. The fraction of sp³-hybridized carbons (Fsp3) is 0.533. The van der Waals surface area contributed by atoms with Gasteiger partial charge in [-0.25, -0.2) is 0 Å². The number of thioether (sulfide) groups is 1. The molecule has 114 valence electrons. The lowest BCUT2D eigenvalue weighted by Gasteiger charge is -2.37. The van der Waals surface area contributed by atoms with Crippen LogP contribution < -0.4 is 4.74 Å². The van der Waals surface area contributed by atoms with Crippen molar-refractivity contribution in [2.24, 2.45) is 0 Å². The lowest BCUT2D eigenvalue weighted by atomic mass is 10.1. The van der Waals surface area contributed by atoms with Crippen molar-refractivity contribution in [1.82, 2.24) is 4.90 Å². The molecule has 2 aliphatic rings. The molecule has 2 saturated heterocycles. The van der Waals surface area contributed by atoms with Gasteiger partial charge in [0.1, 0.15) is 10.7 Å². The molecule has 4 nitrogen and oxygen atoms in total. The van der Waals surface area contributed by atoms with Crippen LogP contribution in [0.25, 0.3) is 0 Å². The van der Waals surface area contributed by atoms with Gasteiger partial charge < -0.3 is 14.4 Å². The van der Waals surface area contributed by atoms with Crippen LogP contribution >= 0.6 is 23.4 Å². The third-order valence-corrected chi connectivity index (χ3v) is 5.54. The van der Waals surface area contributed by atoms with Gasteiger partial charge in [0.2, 0.25) is 0 Å². The minimum Gasteiger partial charge on any atom is -0.484 e. The Kier molecular flexibility index (Phi) is 4.62. The number of rotatable bonds is 3. The minimum atomic E-state index is -0.0339. The Balaban J connectivity index is 1.47. The fourth-order valence-electron chi connectivity index (χ4n) is 2.65. The molecule has 1 spiro atoms. The van der Waals surface area contributed by atoms with E-state index in [-0.39, 0.29) is 17.4 Å². The standard InChI is InChI=1S/C15H18ClNO3S/c16-12-1-3-13(4-2-12)19-11-14(18)17-7-5-15(6-8-17)20-9-10-21-15/h1-4H,5-11H2. The molecule has 0 unspecified atom stereocenters. The largest absolute Gasteiger partial charge is 0.484 e. The molecule has 0 saturated carbocycles. The molecule has 1 aromatic carbocycles. The van der Waals surface area contributed by atoms with Crippen molar-refractivity contribution in [1.29, 1.82) is 0 Å². The molecule has 2 fully saturated rings. The van der Waals surface area contributed by atoms with E-state index in [1.807, 2.05) is 16.7 Å². The molecule has 0 aliphatic carbocycles. The molecule has 2 aliphatic heterocycles. The summed E-state index contributed by atoms with van der Waals surface area (Å²) in [6.45, 7) is 2.40. The number of likely N-dealkylation sites (tertiary alicyclic amines) is 1. The molecule has 6 heteroatoms. The number of benzene rings is 1. The van der Waals surface area contributed by atoms with Gasteiger partial charge in [0.05, 0.1) is 6.61 Å². The van der Waals surface area contributed by atoms with Crippen LogP contribution in [0.4, 0.5) is 0 Å². The van der Waals surface area contributed by atoms with Gasteiger partial charge in [-0.3, -0.25) is 4.79 Å². The average molecular weight is 328 g/mol. The topological polar surface area (TPSA) is 38.8 Å². The number of amides is 1. The highest BCUT2D eigenvalue weighted by atomic mass is 35.5. The van der Waals surface area contributed by atoms with Gasteiger partial charge in [0.15, 0.2) is 6.61 Å². The lowest BCUT2D eigenvalue weighted by Crippen LogP contribution is -2.46. The highest BCUT2D eigenvalue weighted by Gasteiger charge is 2.40. The Bertz CT molecular complexity index is 492. The summed E-state index contributed by atoms with van der Waals surface area (Å²) in [6, 6.07) is 7.04. The summed E-state index contributed by atoms with van der Waals surface area (Å²) in [7, 11) is 0. The lowest BCUT2D eigenvalue weighted by molar-refractivity contribution is -0.136. The first-order valence-corrected chi connectivity index (χ1v) is 8.47. The Morgan fingerprint density at radius 2 is 2.05 bits per heavy atom. The molecule has 3 rings (SSSR count). The quantitative estimate of drug-likeness (QED) is 0.855. The van der Waals surface area contributed by atoms with E-state index in [4.69, 9.17) is 21.1 Å². The summed E-state index contributed by atoms with van der Waals surface area (Å²) in [5, 5.41) is 0.657. The zero-order valence-corrected chi connectivity index (χ0v) is 13.3. The maximum Gasteiger partial charge on any atom is 0.260 e. The van der Waals surface area contributed by atoms with Crippen molar-refractivity contribution in [2.75, 3.05) is 32.1 Å².